The Morgan fingerprint density at radius 2 is 2.44 bits per heavy atom. The van der Waals surface area contributed by atoms with Crippen LogP contribution in [-0.2, 0) is 0 Å². The summed E-state index contributed by atoms with van der Waals surface area (Å²) in [5, 5.41) is 6.99. The van der Waals surface area contributed by atoms with Gasteiger partial charge in [-0.1, -0.05) is 6.92 Å². The van der Waals surface area contributed by atoms with Crippen molar-refractivity contribution < 1.29 is 0 Å². The zero-order chi connectivity index (χ0) is 6.69. The molecule has 1 aliphatic heterocycles. The zero-order valence-electron chi connectivity index (χ0n) is 5.93. The van der Waals surface area contributed by atoms with E-state index in [4.69, 9.17) is 5.41 Å². The first-order valence-electron chi connectivity index (χ1n) is 3.57. The third kappa shape index (κ3) is 1.70. The van der Waals surface area contributed by atoms with Crippen molar-refractivity contribution in [3.05, 3.63) is 0 Å². The first-order valence-corrected chi connectivity index (χ1v) is 3.57. The lowest BCUT2D eigenvalue weighted by atomic mass is 10.0. The van der Waals surface area contributed by atoms with Crippen molar-refractivity contribution in [1.29, 1.82) is 5.41 Å². The lowest BCUT2D eigenvalue weighted by Crippen LogP contribution is -2.32. The minimum atomic E-state index is 0.792. The molecule has 0 amide bonds. The van der Waals surface area contributed by atoms with E-state index in [1.54, 1.807) is 0 Å². The fourth-order valence-corrected chi connectivity index (χ4v) is 1.34. The fourth-order valence-electron chi connectivity index (χ4n) is 1.34. The van der Waals surface area contributed by atoms with Crippen molar-refractivity contribution in [3.8, 4) is 0 Å². The molecule has 0 aromatic rings. The molecule has 1 aliphatic rings. The van der Waals surface area contributed by atoms with Crippen LogP contribution in [0.25, 0.3) is 0 Å². The number of rotatable bonds is 1. The second-order valence-electron chi connectivity index (χ2n) is 2.87. The van der Waals surface area contributed by atoms with Gasteiger partial charge >= 0.3 is 0 Å². The van der Waals surface area contributed by atoms with Crippen LogP contribution in [0.1, 0.15) is 19.8 Å². The van der Waals surface area contributed by atoms with E-state index < -0.39 is 0 Å². The van der Waals surface area contributed by atoms with E-state index in [2.05, 4.69) is 11.8 Å². The van der Waals surface area contributed by atoms with Crippen LogP contribution in [0.15, 0.2) is 0 Å². The van der Waals surface area contributed by atoms with E-state index in [1.165, 1.54) is 19.2 Å². The van der Waals surface area contributed by atoms with Gasteiger partial charge in [0.2, 0.25) is 0 Å². The molecule has 0 radical (unpaired) electrons. The molecule has 0 aromatic carbocycles. The van der Waals surface area contributed by atoms with Gasteiger partial charge in [-0.25, -0.2) is 0 Å². The molecule has 9 heavy (non-hydrogen) atoms. The number of hydrogen-bond acceptors (Lipinski definition) is 1. The summed E-state index contributed by atoms with van der Waals surface area (Å²) in [5.41, 5.74) is 0. The molecule has 1 atom stereocenters. The van der Waals surface area contributed by atoms with Crippen molar-refractivity contribution in [2.24, 2.45) is 5.92 Å². The Morgan fingerprint density at radius 3 is 2.89 bits per heavy atom. The first-order chi connectivity index (χ1) is 4.33. The number of nitrogens with one attached hydrogen (secondary N) is 1. The summed E-state index contributed by atoms with van der Waals surface area (Å²) in [5.74, 6) is 0.792. The van der Waals surface area contributed by atoms with E-state index >= 15 is 0 Å². The van der Waals surface area contributed by atoms with Crippen LogP contribution in [0.5, 0.6) is 0 Å². The molecule has 2 nitrogen and oxygen atoms in total. The van der Waals surface area contributed by atoms with Crippen molar-refractivity contribution in [2.45, 2.75) is 19.8 Å². The monoisotopic (exact) mass is 126 g/mol. The van der Waals surface area contributed by atoms with Crippen molar-refractivity contribution in [1.82, 2.24) is 4.90 Å². The predicted molar refractivity (Wildman–Crippen MR) is 38.8 cm³/mol. The van der Waals surface area contributed by atoms with E-state index in [1.807, 2.05) is 0 Å². The van der Waals surface area contributed by atoms with Crippen LogP contribution in [-0.4, -0.2) is 24.3 Å². The third-order valence-electron chi connectivity index (χ3n) is 1.87. The Morgan fingerprint density at radius 1 is 1.67 bits per heavy atom. The molecule has 0 aliphatic carbocycles. The van der Waals surface area contributed by atoms with Gasteiger partial charge in [0, 0.05) is 13.1 Å². The van der Waals surface area contributed by atoms with Gasteiger partial charge < -0.3 is 4.90 Å². The second kappa shape index (κ2) is 2.85. The normalized spacial score (nSPS) is 28.1. The molecule has 0 saturated carbocycles. The molecular weight excluding hydrogens is 112 g/mol. The maximum absolute atomic E-state index is 6.99. The van der Waals surface area contributed by atoms with Crippen molar-refractivity contribution in [2.75, 3.05) is 13.1 Å². The molecule has 1 unspecified atom stereocenters. The molecule has 1 rings (SSSR count). The summed E-state index contributed by atoms with van der Waals surface area (Å²) in [6.45, 7) is 4.42. The van der Waals surface area contributed by atoms with Crippen molar-refractivity contribution in [3.63, 3.8) is 0 Å². The highest BCUT2D eigenvalue weighted by atomic mass is 15.1. The van der Waals surface area contributed by atoms with E-state index in [0.29, 0.717) is 0 Å². The molecule has 52 valence electrons. The minimum Gasteiger partial charge on any atom is -0.363 e. The highest BCUT2D eigenvalue weighted by Gasteiger charge is 2.12. The number of piperidine rings is 1. The van der Waals surface area contributed by atoms with Crippen LogP contribution < -0.4 is 0 Å². The van der Waals surface area contributed by atoms with E-state index in [0.717, 1.165) is 19.0 Å². The van der Waals surface area contributed by atoms with Gasteiger partial charge in [0.25, 0.3) is 0 Å². The van der Waals surface area contributed by atoms with Gasteiger partial charge in [-0.3, -0.25) is 5.41 Å². The highest BCUT2D eigenvalue weighted by molar-refractivity contribution is 5.50. The molecule has 0 spiro atoms. The van der Waals surface area contributed by atoms with Gasteiger partial charge in [-0.2, -0.15) is 0 Å². The first kappa shape index (κ1) is 6.59. The summed E-state index contributed by atoms with van der Waals surface area (Å²) in [7, 11) is 0. The topological polar surface area (TPSA) is 27.1 Å². The minimum absolute atomic E-state index is 0.792. The predicted octanol–water partition coefficient (Wildman–Crippen LogP) is 1.33. The zero-order valence-corrected chi connectivity index (χ0v) is 5.93. The summed E-state index contributed by atoms with van der Waals surface area (Å²) in [6.07, 6.45) is 4.05. The molecule has 1 heterocycles. The van der Waals surface area contributed by atoms with Gasteiger partial charge in [0.15, 0.2) is 0 Å². The van der Waals surface area contributed by atoms with Gasteiger partial charge in [0.05, 0.1) is 6.34 Å². The van der Waals surface area contributed by atoms with Crippen LogP contribution in [0.2, 0.25) is 0 Å². The van der Waals surface area contributed by atoms with Crippen LogP contribution >= 0.6 is 0 Å². The Bertz CT molecular complexity index is 101. The smallest absolute Gasteiger partial charge is 0.0817 e. The SMILES string of the molecule is CC1CCCN(C=N)C1. The van der Waals surface area contributed by atoms with E-state index in [-0.39, 0.29) is 0 Å². The summed E-state index contributed by atoms with van der Waals surface area (Å²) in [6, 6.07) is 0. The molecule has 0 aromatic heterocycles. The number of nitrogens with zero attached hydrogens (tertiary/aromatic N) is 1. The van der Waals surface area contributed by atoms with Crippen LogP contribution in [0, 0.1) is 11.3 Å². The molecular formula is C7H14N2. The Hall–Kier alpha value is -0.530. The maximum Gasteiger partial charge on any atom is 0.0817 e. The summed E-state index contributed by atoms with van der Waals surface area (Å²) in [4.78, 5) is 2.08. The maximum atomic E-state index is 6.99. The average molecular weight is 126 g/mol. The lowest BCUT2D eigenvalue weighted by molar-refractivity contribution is 0.278. The number of hydrogen-bond donors (Lipinski definition) is 1. The Balaban J connectivity index is 2.31. The van der Waals surface area contributed by atoms with Gasteiger partial charge in [-0.05, 0) is 18.8 Å². The molecule has 0 bridgehead atoms. The molecule has 1 saturated heterocycles. The summed E-state index contributed by atoms with van der Waals surface area (Å²) < 4.78 is 0. The third-order valence-corrected chi connectivity index (χ3v) is 1.87. The largest absolute Gasteiger partial charge is 0.363 e. The quantitative estimate of drug-likeness (QED) is 0.416. The van der Waals surface area contributed by atoms with Crippen molar-refractivity contribution >= 4 is 6.34 Å². The molecule has 1 fully saturated rings. The van der Waals surface area contributed by atoms with Crippen LogP contribution in [0.3, 0.4) is 0 Å². The van der Waals surface area contributed by atoms with Gasteiger partial charge in [0.1, 0.15) is 0 Å². The highest BCUT2D eigenvalue weighted by Crippen LogP contribution is 2.13. The molecule has 1 N–H and O–H groups in total. The van der Waals surface area contributed by atoms with Gasteiger partial charge in [-0.15, -0.1) is 0 Å². The Labute approximate surface area is 56.4 Å². The van der Waals surface area contributed by atoms with Crippen LogP contribution in [0.4, 0.5) is 0 Å². The number of likely N-dealkylation sites (tertiary alicyclic amines) is 1. The molecule has 2 heteroatoms. The Kier molecular flexibility index (Phi) is 2.09. The second-order valence-corrected chi connectivity index (χ2v) is 2.87. The average Bonchev–Trinajstić information content (AvgIpc) is 1.88. The lowest BCUT2D eigenvalue weighted by Gasteiger charge is -2.28. The standard InChI is InChI=1S/C7H14N2/c1-7-3-2-4-9(5-7)6-8/h6-8H,2-5H2,1H3. The van der Waals surface area contributed by atoms with E-state index in [9.17, 15) is 0 Å². The summed E-state index contributed by atoms with van der Waals surface area (Å²) >= 11 is 0. The fraction of sp³-hybridized carbons (Fsp3) is 0.857.